The molecule has 2 amide bonds. The molecule has 0 aliphatic carbocycles. The van der Waals surface area contributed by atoms with Crippen molar-refractivity contribution >= 4 is 41.2 Å². The van der Waals surface area contributed by atoms with Gasteiger partial charge in [0, 0.05) is 11.4 Å². The zero-order chi connectivity index (χ0) is 24.5. The number of rotatable bonds is 9. The van der Waals surface area contributed by atoms with Gasteiger partial charge in [0.2, 0.25) is 0 Å². The summed E-state index contributed by atoms with van der Waals surface area (Å²) >= 11 is 12.0. The molecule has 3 aromatic carbocycles. The Bertz CT molecular complexity index is 1150. The molecule has 0 saturated carbocycles. The summed E-state index contributed by atoms with van der Waals surface area (Å²) in [5.41, 5.74) is 5.38. The van der Waals surface area contributed by atoms with Crippen LogP contribution in [-0.4, -0.2) is 30.2 Å². The van der Waals surface area contributed by atoms with Crippen molar-refractivity contribution in [1.29, 1.82) is 0 Å². The van der Waals surface area contributed by atoms with Gasteiger partial charge in [-0.15, -0.1) is 0 Å². The second-order valence-corrected chi connectivity index (χ2v) is 8.57. The standard InChI is InChI=1S/C26H25Cl2N3O3/c1-17-8-10-20(11-9-17)16-29-31-26(33)23(14-19-6-4-3-5-7-19)30-25(32)18(2)34-24-13-12-21(27)15-22(24)28/h3-13,15-16,18,23H,14H2,1-2H3,(H,30,32)(H,31,33)/b29-16-/t18-,23+/m0/s1. The van der Waals surface area contributed by atoms with E-state index in [9.17, 15) is 9.59 Å². The minimum atomic E-state index is -0.902. The van der Waals surface area contributed by atoms with Crippen molar-refractivity contribution in [3.05, 3.63) is 99.5 Å². The third-order valence-electron chi connectivity index (χ3n) is 4.95. The Morgan fingerprint density at radius 1 is 1.00 bits per heavy atom. The molecule has 0 bridgehead atoms. The van der Waals surface area contributed by atoms with Gasteiger partial charge < -0.3 is 10.1 Å². The highest BCUT2D eigenvalue weighted by Crippen LogP contribution is 2.28. The van der Waals surface area contributed by atoms with E-state index in [-0.39, 0.29) is 11.4 Å². The van der Waals surface area contributed by atoms with Crippen molar-refractivity contribution in [3.8, 4) is 5.75 Å². The number of carbonyl (C=O) groups is 2. The van der Waals surface area contributed by atoms with Crippen LogP contribution in [0.4, 0.5) is 0 Å². The second-order valence-electron chi connectivity index (χ2n) is 7.73. The molecule has 0 saturated heterocycles. The van der Waals surface area contributed by atoms with Gasteiger partial charge >= 0.3 is 0 Å². The van der Waals surface area contributed by atoms with Crippen LogP contribution in [0, 0.1) is 6.92 Å². The van der Waals surface area contributed by atoms with Gasteiger partial charge in [-0.05, 0) is 43.2 Å². The van der Waals surface area contributed by atoms with Gasteiger partial charge in [0.25, 0.3) is 11.8 Å². The maximum absolute atomic E-state index is 12.9. The summed E-state index contributed by atoms with van der Waals surface area (Å²) in [5.74, 6) is -0.595. The summed E-state index contributed by atoms with van der Waals surface area (Å²) in [6.07, 6.45) is 0.931. The van der Waals surface area contributed by atoms with Crippen molar-refractivity contribution in [2.24, 2.45) is 5.10 Å². The van der Waals surface area contributed by atoms with Gasteiger partial charge in [-0.2, -0.15) is 5.10 Å². The zero-order valence-corrected chi connectivity index (χ0v) is 20.3. The number of halogens is 2. The molecule has 0 fully saturated rings. The lowest BCUT2D eigenvalue weighted by atomic mass is 10.1. The van der Waals surface area contributed by atoms with Crippen molar-refractivity contribution in [2.75, 3.05) is 0 Å². The third-order valence-corrected chi connectivity index (χ3v) is 5.48. The lowest BCUT2D eigenvalue weighted by Crippen LogP contribution is -2.50. The quantitative estimate of drug-likeness (QED) is 0.324. The molecule has 6 nitrogen and oxygen atoms in total. The first-order valence-corrected chi connectivity index (χ1v) is 11.4. The molecule has 2 atom stereocenters. The third kappa shape index (κ3) is 7.61. The highest BCUT2D eigenvalue weighted by atomic mass is 35.5. The number of nitrogens with one attached hydrogen (secondary N) is 2. The molecule has 34 heavy (non-hydrogen) atoms. The van der Waals surface area contributed by atoms with Gasteiger partial charge in [-0.3, -0.25) is 9.59 Å². The molecule has 3 rings (SSSR count). The van der Waals surface area contributed by atoms with E-state index < -0.39 is 24.0 Å². The molecule has 176 valence electrons. The van der Waals surface area contributed by atoms with Crippen molar-refractivity contribution in [1.82, 2.24) is 10.7 Å². The molecule has 0 radical (unpaired) electrons. The van der Waals surface area contributed by atoms with E-state index in [4.69, 9.17) is 27.9 Å². The normalized spacial score (nSPS) is 12.7. The minimum Gasteiger partial charge on any atom is -0.479 e. The Morgan fingerprint density at radius 2 is 1.71 bits per heavy atom. The van der Waals surface area contributed by atoms with Gasteiger partial charge in [-0.25, -0.2) is 5.43 Å². The SMILES string of the molecule is Cc1ccc(/C=N\NC(=O)[C@@H](Cc2ccccc2)NC(=O)[C@H](C)Oc2ccc(Cl)cc2Cl)cc1. The minimum absolute atomic E-state index is 0.285. The number of aryl methyl sites for hydroxylation is 1. The Balaban J connectivity index is 1.68. The average Bonchev–Trinajstić information content (AvgIpc) is 2.82. The van der Waals surface area contributed by atoms with Crippen LogP contribution >= 0.6 is 23.2 Å². The van der Waals surface area contributed by atoms with Crippen LogP contribution in [0.25, 0.3) is 0 Å². The number of nitrogens with zero attached hydrogens (tertiary/aromatic N) is 1. The number of hydrogen-bond donors (Lipinski definition) is 2. The van der Waals surface area contributed by atoms with Crippen LogP contribution in [-0.2, 0) is 16.0 Å². The zero-order valence-electron chi connectivity index (χ0n) is 18.8. The van der Waals surface area contributed by atoms with E-state index in [2.05, 4.69) is 15.8 Å². The van der Waals surface area contributed by atoms with Crippen LogP contribution in [0.5, 0.6) is 5.75 Å². The summed E-state index contributed by atoms with van der Waals surface area (Å²) in [6, 6.07) is 21.0. The van der Waals surface area contributed by atoms with Crippen molar-refractivity contribution in [3.63, 3.8) is 0 Å². The Morgan fingerprint density at radius 3 is 2.38 bits per heavy atom. The van der Waals surface area contributed by atoms with Gasteiger partial charge in [0.15, 0.2) is 6.10 Å². The fourth-order valence-corrected chi connectivity index (χ4v) is 3.52. The molecule has 0 aliphatic rings. The molecular weight excluding hydrogens is 473 g/mol. The summed E-state index contributed by atoms with van der Waals surface area (Å²) in [4.78, 5) is 25.7. The fraction of sp³-hybridized carbons (Fsp3) is 0.192. The Hall–Kier alpha value is -3.35. The smallest absolute Gasteiger partial charge is 0.262 e. The fourth-order valence-electron chi connectivity index (χ4n) is 3.06. The molecular formula is C26H25Cl2N3O3. The van der Waals surface area contributed by atoms with E-state index in [1.807, 2.05) is 61.5 Å². The van der Waals surface area contributed by atoms with Gasteiger partial charge in [0.1, 0.15) is 11.8 Å². The van der Waals surface area contributed by atoms with Crippen LogP contribution in [0.1, 0.15) is 23.6 Å². The maximum Gasteiger partial charge on any atom is 0.262 e. The molecule has 0 aliphatic heterocycles. The van der Waals surface area contributed by atoms with Gasteiger partial charge in [0.05, 0.1) is 11.2 Å². The number of ether oxygens (including phenoxy) is 1. The maximum atomic E-state index is 12.9. The number of amides is 2. The highest BCUT2D eigenvalue weighted by molar-refractivity contribution is 6.35. The van der Waals surface area contributed by atoms with E-state index in [0.717, 1.165) is 16.7 Å². The summed E-state index contributed by atoms with van der Waals surface area (Å²) in [6.45, 7) is 3.57. The number of benzene rings is 3. The van der Waals surface area contributed by atoms with Crippen LogP contribution in [0.2, 0.25) is 10.0 Å². The highest BCUT2D eigenvalue weighted by Gasteiger charge is 2.25. The monoisotopic (exact) mass is 497 g/mol. The van der Waals surface area contributed by atoms with E-state index in [1.54, 1.807) is 25.3 Å². The topological polar surface area (TPSA) is 79.8 Å². The predicted molar refractivity (Wildman–Crippen MR) is 136 cm³/mol. The first kappa shape index (κ1) is 25.3. The summed E-state index contributed by atoms with van der Waals surface area (Å²) in [7, 11) is 0. The number of hydrazone groups is 1. The van der Waals surface area contributed by atoms with Gasteiger partial charge in [-0.1, -0.05) is 83.4 Å². The first-order valence-electron chi connectivity index (χ1n) is 10.7. The van der Waals surface area contributed by atoms with Crippen molar-refractivity contribution < 1.29 is 14.3 Å². The second kappa shape index (κ2) is 12.2. The number of hydrogen-bond acceptors (Lipinski definition) is 4. The molecule has 0 aromatic heterocycles. The lowest BCUT2D eigenvalue weighted by molar-refractivity contribution is -0.132. The van der Waals surface area contributed by atoms with Crippen LogP contribution in [0.15, 0.2) is 77.9 Å². The Labute approximate surface area is 208 Å². The molecule has 3 aromatic rings. The van der Waals surface area contributed by atoms with E-state index in [0.29, 0.717) is 10.8 Å². The summed E-state index contributed by atoms with van der Waals surface area (Å²) in [5, 5.41) is 7.54. The molecule has 8 heteroatoms. The summed E-state index contributed by atoms with van der Waals surface area (Å²) < 4.78 is 5.68. The predicted octanol–water partition coefficient (Wildman–Crippen LogP) is 4.95. The largest absolute Gasteiger partial charge is 0.479 e. The van der Waals surface area contributed by atoms with Crippen LogP contribution < -0.4 is 15.5 Å². The number of carbonyl (C=O) groups excluding carboxylic acids is 2. The average molecular weight is 498 g/mol. The lowest BCUT2D eigenvalue weighted by Gasteiger charge is -2.21. The molecule has 0 heterocycles. The first-order chi connectivity index (χ1) is 16.3. The van der Waals surface area contributed by atoms with Crippen LogP contribution in [0.3, 0.4) is 0 Å². The molecule has 2 N–H and O–H groups in total. The Kier molecular flexibility index (Phi) is 9.08. The molecule has 0 unspecified atom stereocenters. The van der Waals surface area contributed by atoms with E-state index in [1.165, 1.54) is 6.07 Å². The van der Waals surface area contributed by atoms with Crippen molar-refractivity contribution in [2.45, 2.75) is 32.4 Å². The molecule has 0 spiro atoms. The van der Waals surface area contributed by atoms with E-state index >= 15 is 0 Å².